The molecule has 2 aliphatic carbocycles. The summed E-state index contributed by atoms with van der Waals surface area (Å²) in [6, 6.07) is 7.88. The molecule has 1 aromatic rings. The highest BCUT2D eigenvalue weighted by molar-refractivity contribution is 9.10. The topological polar surface area (TPSA) is 12.0 Å². The number of fused-ring (bicyclic) bond motifs is 1. The van der Waals surface area contributed by atoms with Crippen LogP contribution >= 0.6 is 15.9 Å². The Labute approximate surface area is 112 Å². The van der Waals surface area contributed by atoms with E-state index in [2.05, 4.69) is 46.4 Å². The van der Waals surface area contributed by atoms with E-state index in [9.17, 15) is 0 Å². The van der Waals surface area contributed by atoms with Gasteiger partial charge in [0.2, 0.25) is 0 Å². The van der Waals surface area contributed by atoms with E-state index in [1.807, 2.05) is 0 Å². The van der Waals surface area contributed by atoms with Crippen molar-refractivity contribution in [3.8, 4) is 0 Å². The molecule has 0 aliphatic heterocycles. The van der Waals surface area contributed by atoms with E-state index in [-0.39, 0.29) is 0 Å². The molecule has 1 nitrogen and oxygen atoms in total. The minimum Gasteiger partial charge on any atom is -0.307 e. The number of halogens is 1. The van der Waals surface area contributed by atoms with Gasteiger partial charge in [0.1, 0.15) is 0 Å². The van der Waals surface area contributed by atoms with Gasteiger partial charge in [-0.25, -0.2) is 0 Å². The van der Waals surface area contributed by atoms with Crippen LogP contribution < -0.4 is 5.32 Å². The summed E-state index contributed by atoms with van der Waals surface area (Å²) in [5.41, 5.74) is 3.04. The van der Waals surface area contributed by atoms with Gasteiger partial charge in [0, 0.05) is 16.6 Å². The number of hydrogen-bond donors (Lipinski definition) is 1. The van der Waals surface area contributed by atoms with E-state index in [0.29, 0.717) is 12.1 Å². The molecule has 0 spiro atoms. The molecule has 0 amide bonds. The average molecular weight is 294 g/mol. The van der Waals surface area contributed by atoms with Crippen LogP contribution in [0, 0.1) is 5.92 Å². The van der Waals surface area contributed by atoms with E-state index in [1.165, 1.54) is 47.7 Å². The molecule has 2 atom stereocenters. The summed E-state index contributed by atoms with van der Waals surface area (Å²) in [4.78, 5) is 0. The third kappa shape index (κ3) is 2.17. The minimum atomic E-state index is 0.582. The van der Waals surface area contributed by atoms with Gasteiger partial charge in [0.15, 0.2) is 0 Å². The largest absolute Gasteiger partial charge is 0.307 e. The first-order valence-electron chi connectivity index (χ1n) is 6.79. The molecule has 1 aromatic carbocycles. The van der Waals surface area contributed by atoms with Crippen LogP contribution in [-0.2, 0) is 6.42 Å². The van der Waals surface area contributed by atoms with Crippen LogP contribution in [0.1, 0.15) is 49.8 Å². The fourth-order valence-corrected chi connectivity index (χ4v) is 3.76. The SMILES string of the molecule is CC(NC1CCc2c(Br)cccc21)C1CCC1. The molecule has 0 radical (unpaired) electrons. The second kappa shape index (κ2) is 4.74. The molecule has 1 saturated carbocycles. The molecule has 2 unspecified atom stereocenters. The first kappa shape index (κ1) is 11.7. The zero-order valence-corrected chi connectivity index (χ0v) is 12.0. The highest BCUT2D eigenvalue weighted by atomic mass is 79.9. The Hall–Kier alpha value is -0.340. The maximum atomic E-state index is 3.84. The van der Waals surface area contributed by atoms with Crippen molar-refractivity contribution in [1.29, 1.82) is 0 Å². The van der Waals surface area contributed by atoms with Crippen molar-refractivity contribution >= 4 is 15.9 Å². The lowest BCUT2D eigenvalue weighted by molar-refractivity contribution is 0.226. The molecule has 17 heavy (non-hydrogen) atoms. The van der Waals surface area contributed by atoms with Gasteiger partial charge < -0.3 is 5.32 Å². The van der Waals surface area contributed by atoms with Gasteiger partial charge in [0.05, 0.1) is 0 Å². The van der Waals surface area contributed by atoms with Crippen LogP contribution in [0.2, 0.25) is 0 Å². The van der Waals surface area contributed by atoms with Gasteiger partial charge in [-0.15, -0.1) is 0 Å². The summed E-state index contributed by atoms with van der Waals surface area (Å²) in [5, 5.41) is 3.84. The second-order valence-electron chi connectivity index (χ2n) is 5.55. The van der Waals surface area contributed by atoms with Gasteiger partial charge >= 0.3 is 0 Å². The molecule has 2 aliphatic rings. The van der Waals surface area contributed by atoms with Crippen molar-refractivity contribution in [3.63, 3.8) is 0 Å². The normalized spacial score (nSPS) is 25.4. The predicted molar refractivity (Wildman–Crippen MR) is 75.1 cm³/mol. The maximum absolute atomic E-state index is 3.84. The maximum Gasteiger partial charge on any atom is 0.0328 e. The van der Waals surface area contributed by atoms with Crippen LogP contribution in [0.15, 0.2) is 22.7 Å². The zero-order valence-electron chi connectivity index (χ0n) is 10.4. The van der Waals surface area contributed by atoms with Crippen molar-refractivity contribution < 1.29 is 0 Å². The number of benzene rings is 1. The molecule has 3 rings (SSSR count). The quantitative estimate of drug-likeness (QED) is 0.880. The van der Waals surface area contributed by atoms with E-state index in [4.69, 9.17) is 0 Å². The lowest BCUT2D eigenvalue weighted by Gasteiger charge is -2.34. The molecule has 0 bridgehead atoms. The molecule has 0 saturated heterocycles. The molecule has 1 N–H and O–H groups in total. The van der Waals surface area contributed by atoms with E-state index in [0.717, 1.165) is 5.92 Å². The third-order valence-corrected chi connectivity index (χ3v) is 5.28. The van der Waals surface area contributed by atoms with Gasteiger partial charge in [0.25, 0.3) is 0 Å². The predicted octanol–water partition coefficient (Wildman–Crippen LogP) is 4.21. The van der Waals surface area contributed by atoms with Crippen LogP contribution in [-0.4, -0.2) is 6.04 Å². The average Bonchev–Trinajstić information content (AvgIpc) is 2.60. The Balaban J connectivity index is 1.72. The minimum absolute atomic E-state index is 0.582. The van der Waals surface area contributed by atoms with Crippen molar-refractivity contribution in [2.45, 2.75) is 51.1 Å². The van der Waals surface area contributed by atoms with Crippen LogP contribution in [0.25, 0.3) is 0 Å². The summed E-state index contributed by atoms with van der Waals surface area (Å²) >= 11 is 3.67. The fraction of sp³-hybridized carbons (Fsp3) is 0.600. The van der Waals surface area contributed by atoms with Gasteiger partial charge in [-0.1, -0.05) is 34.5 Å². The Morgan fingerprint density at radius 3 is 2.82 bits per heavy atom. The summed E-state index contributed by atoms with van der Waals surface area (Å²) in [6.45, 7) is 2.36. The highest BCUT2D eigenvalue weighted by Gasteiger charge is 2.29. The summed E-state index contributed by atoms with van der Waals surface area (Å²) < 4.78 is 1.29. The number of rotatable bonds is 3. The summed E-state index contributed by atoms with van der Waals surface area (Å²) in [7, 11) is 0. The Morgan fingerprint density at radius 1 is 1.29 bits per heavy atom. The Morgan fingerprint density at radius 2 is 2.12 bits per heavy atom. The molecular formula is C15H20BrN. The van der Waals surface area contributed by atoms with Crippen LogP contribution in [0.4, 0.5) is 0 Å². The highest BCUT2D eigenvalue weighted by Crippen LogP contribution is 2.37. The first-order valence-corrected chi connectivity index (χ1v) is 7.58. The van der Waals surface area contributed by atoms with Crippen LogP contribution in [0.5, 0.6) is 0 Å². The van der Waals surface area contributed by atoms with Crippen molar-refractivity contribution in [3.05, 3.63) is 33.8 Å². The Kier molecular flexibility index (Phi) is 3.27. The van der Waals surface area contributed by atoms with E-state index < -0.39 is 0 Å². The van der Waals surface area contributed by atoms with Crippen LogP contribution in [0.3, 0.4) is 0 Å². The summed E-state index contributed by atoms with van der Waals surface area (Å²) in [6.07, 6.45) is 6.75. The Bertz CT molecular complexity index is 411. The first-order chi connectivity index (χ1) is 8.25. The number of nitrogens with one attached hydrogen (secondary N) is 1. The van der Waals surface area contributed by atoms with Crippen molar-refractivity contribution in [1.82, 2.24) is 5.32 Å². The zero-order chi connectivity index (χ0) is 11.8. The lowest BCUT2D eigenvalue weighted by atomic mass is 9.80. The molecule has 0 aromatic heterocycles. The third-order valence-electron chi connectivity index (χ3n) is 4.53. The van der Waals surface area contributed by atoms with E-state index >= 15 is 0 Å². The molecule has 2 heteroatoms. The van der Waals surface area contributed by atoms with Gasteiger partial charge in [-0.05, 0) is 55.7 Å². The van der Waals surface area contributed by atoms with Crippen molar-refractivity contribution in [2.75, 3.05) is 0 Å². The summed E-state index contributed by atoms with van der Waals surface area (Å²) in [5.74, 6) is 0.922. The molecule has 92 valence electrons. The van der Waals surface area contributed by atoms with E-state index in [1.54, 1.807) is 0 Å². The number of hydrogen-bond acceptors (Lipinski definition) is 1. The fourth-order valence-electron chi connectivity index (χ4n) is 3.18. The van der Waals surface area contributed by atoms with Gasteiger partial charge in [-0.3, -0.25) is 0 Å². The molecule has 0 heterocycles. The second-order valence-corrected chi connectivity index (χ2v) is 6.40. The lowest BCUT2D eigenvalue weighted by Crippen LogP contribution is -2.38. The molecular weight excluding hydrogens is 274 g/mol. The smallest absolute Gasteiger partial charge is 0.0328 e. The standard InChI is InChI=1S/C15H20BrN/c1-10(11-4-2-5-11)17-15-9-8-12-13(15)6-3-7-14(12)16/h3,6-7,10-11,15,17H,2,4-5,8-9H2,1H3. The monoisotopic (exact) mass is 293 g/mol. The van der Waals surface area contributed by atoms with Gasteiger partial charge in [-0.2, -0.15) is 0 Å². The molecule has 1 fully saturated rings. The van der Waals surface area contributed by atoms with Crippen molar-refractivity contribution in [2.24, 2.45) is 5.92 Å².